The van der Waals surface area contributed by atoms with E-state index in [1.807, 2.05) is 6.92 Å². The van der Waals surface area contributed by atoms with Crippen molar-refractivity contribution in [3.63, 3.8) is 0 Å². The average Bonchev–Trinajstić information content (AvgIpc) is 3.08. The van der Waals surface area contributed by atoms with Crippen LogP contribution in [0.15, 0.2) is 48.5 Å². The minimum atomic E-state index is -0.804. The van der Waals surface area contributed by atoms with Gasteiger partial charge in [-0.25, -0.2) is 0 Å². The summed E-state index contributed by atoms with van der Waals surface area (Å²) in [6.45, 7) is 2.26. The normalized spacial score (nSPS) is 19.6. The molecule has 2 aliphatic rings. The number of nitro groups is 1. The maximum absolute atomic E-state index is 13.2. The highest BCUT2D eigenvalue weighted by Gasteiger charge is 2.52. The van der Waals surface area contributed by atoms with E-state index in [-0.39, 0.29) is 42.9 Å². The van der Waals surface area contributed by atoms with Crippen molar-refractivity contribution in [2.75, 3.05) is 18.5 Å². The molecule has 9 nitrogen and oxygen atoms in total. The van der Waals surface area contributed by atoms with Crippen LogP contribution in [0.25, 0.3) is 0 Å². The summed E-state index contributed by atoms with van der Waals surface area (Å²) in [5.41, 5.74) is 0.893. The van der Waals surface area contributed by atoms with Crippen molar-refractivity contribution in [3.8, 4) is 0 Å². The fraction of sp³-hybridized carbons (Fsp3) is 0.348. The van der Waals surface area contributed by atoms with Crippen LogP contribution >= 0.6 is 0 Å². The first-order chi connectivity index (χ1) is 15.2. The zero-order valence-corrected chi connectivity index (χ0v) is 18.0. The number of rotatable bonds is 6. The monoisotopic (exact) mass is 436 g/mol. The van der Waals surface area contributed by atoms with E-state index in [2.05, 4.69) is 0 Å². The van der Waals surface area contributed by atoms with Gasteiger partial charge in [0, 0.05) is 45.1 Å². The van der Waals surface area contributed by atoms with Gasteiger partial charge in [-0.3, -0.25) is 29.4 Å². The summed E-state index contributed by atoms with van der Waals surface area (Å²) >= 11 is 0. The third-order valence-corrected chi connectivity index (χ3v) is 6.26. The second-order valence-electron chi connectivity index (χ2n) is 8.35. The second kappa shape index (κ2) is 8.07. The first-order valence-corrected chi connectivity index (χ1v) is 10.4. The third kappa shape index (κ3) is 3.59. The van der Waals surface area contributed by atoms with Gasteiger partial charge >= 0.3 is 0 Å². The van der Waals surface area contributed by atoms with Crippen LogP contribution in [0.3, 0.4) is 0 Å². The van der Waals surface area contributed by atoms with Crippen LogP contribution in [0, 0.1) is 10.1 Å². The van der Waals surface area contributed by atoms with E-state index in [1.165, 1.54) is 17.0 Å². The van der Waals surface area contributed by atoms with Crippen molar-refractivity contribution in [1.29, 1.82) is 0 Å². The molecule has 3 amide bonds. The molecule has 0 bridgehead atoms. The summed E-state index contributed by atoms with van der Waals surface area (Å²) < 4.78 is 0. The smallest absolute Gasteiger partial charge is 0.269 e. The topological polar surface area (TPSA) is 104 Å². The molecule has 0 aliphatic carbocycles. The van der Waals surface area contributed by atoms with Gasteiger partial charge in [-0.1, -0.05) is 24.3 Å². The molecule has 0 saturated carbocycles. The molecule has 1 saturated heterocycles. The average molecular weight is 436 g/mol. The Labute approximate surface area is 185 Å². The molecule has 2 aromatic carbocycles. The van der Waals surface area contributed by atoms with Gasteiger partial charge in [0.05, 0.1) is 16.2 Å². The van der Waals surface area contributed by atoms with E-state index in [1.54, 1.807) is 53.2 Å². The SMILES string of the molecule is CN(Cc1cccc([N+](=O)[O-])c1)C(=O)CCN1C(=O)c2ccccc2N2C(=O)CCC12C. The molecule has 0 radical (unpaired) electrons. The quantitative estimate of drug-likeness (QED) is 0.512. The first kappa shape index (κ1) is 21.5. The van der Waals surface area contributed by atoms with Crippen LogP contribution in [0.4, 0.5) is 11.4 Å². The molecular formula is C23H24N4O5. The standard InChI is InChI=1S/C23H24N4O5/c1-23-12-10-21(29)26(23)19-9-4-3-8-18(19)22(30)25(23)13-11-20(28)24(2)15-16-6-5-7-17(14-16)27(31)32/h3-9,14H,10-13,15H2,1-2H3. The molecule has 2 aliphatic heterocycles. The van der Waals surface area contributed by atoms with Crippen molar-refractivity contribution in [2.24, 2.45) is 0 Å². The number of hydrogen-bond acceptors (Lipinski definition) is 5. The molecule has 2 aromatic rings. The Morgan fingerprint density at radius 2 is 1.94 bits per heavy atom. The zero-order chi connectivity index (χ0) is 23.0. The fourth-order valence-corrected chi connectivity index (χ4v) is 4.57. The van der Waals surface area contributed by atoms with Crippen LogP contribution < -0.4 is 4.90 Å². The lowest BCUT2D eigenvalue weighted by atomic mass is 9.98. The van der Waals surface area contributed by atoms with Crippen LogP contribution in [-0.2, 0) is 16.1 Å². The Kier molecular flexibility index (Phi) is 5.41. The van der Waals surface area contributed by atoms with Crippen LogP contribution in [0.2, 0.25) is 0 Å². The summed E-state index contributed by atoms with van der Waals surface area (Å²) in [6, 6.07) is 13.2. The van der Waals surface area contributed by atoms with E-state index >= 15 is 0 Å². The van der Waals surface area contributed by atoms with Gasteiger partial charge in [0.25, 0.3) is 11.6 Å². The van der Waals surface area contributed by atoms with Gasteiger partial charge < -0.3 is 9.80 Å². The number of fused-ring (bicyclic) bond motifs is 3. The molecule has 1 fully saturated rings. The third-order valence-electron chi connectivity index (χ3n) is 6.26. The summed E-state index contributed by atoms with van der Waals surface area (Å²) in [6.07, 6.45) is 0.926. The number of para-hydroxylation sites is 1. The number of carbonyl (C=O) groups is 3. The predicted octanol–water partition coefficient (Wildman–Crippen LogP) is 2.94. The molecule has 166 valence electrons. The lowest BCUT2D eigenvalue weighted by Gasteiger charge is -2.48. The van der Waals surface area contributed by atoms with Crippen molar-refractivity contribution < 1.29 is 19.3 Å². The number of anilines is 1. The summed E-state index contributed by atoms with van der Waals surface area (Å²) in [7, 11) is 1.63. The molecule has 0 aromatic heterocycles. The Morgan fingerprint density at radius 3 is 2.69 bits per heavy atom. The first-order valence-electron chi connectivity index (χ1n) is 10.4. The predicted molar refractivity (Wildman–Crippen MR) is 117 cm³/mol. The molecule has 0 spiro atoms. The van der Waals surface area contributed by atoms with Gasteiger partial charge in [-0.2, -0.15) is 0 Å². The molecular weight excluding hydrogens is 412 g/mol. The number of carbonyl (C=O) groups excluding carboxylic acids is 3. The molecule has 1 unspecified atom stereocenters. The fourth-order valence-electron chi connectivity index (χ4n) is 4.57. The molecule has 0 N–H and O–H groups in total. The van der Waals surface area contributed by atoms with Crippen LogP contribution in [0.1, 0.15) is 42.1 Å². The van der Waals surface area contributed by atoms with E-state index in [9.17, 15) is 24.5 Å². The summed E-state index contributed by atoms with van der Waals surface area (Å²) in [4.78, 5) is 54.0. The molecule has 2 heterocycles. The number of hydrogen-bond donors (Lipinski definition) is 0. The van der Waals surface area contributed by atoms with Crippen molar-refractivity contribution >= 4 is 29.1 Å². The van der Waals surface area contributed by atoms with Crippen molar-refractivity contribution in [3.05, 3.63) is 69.8 Å². The molecule has 1 atom stereocenters. The highest BCUT2D eigenvalue weighted by atomic mass is 16.6. The Balaban J connectivity index is 1.49. The van der Waals surface area contributed by atoms with E-state index in [0.29, 0.717) is 29.7 Å². The summed E-state index contributed by atoms with van der Waals surface area (Å²) in [5, 5.41) is 11.0. The molecule has 4 rings (SSSR count). The molecule has 9 heteroatoms. The van der Waals surface area contributed by atoms with Gasteiger partial charge in [0.1, 0.15) is 5.66 Å². The Morgan fingerprint density at radius 1 is 1.19 bits per heavy atom. The molecule has 32 heavy (non-hydrogen) atoms. The number of nitrogens with zero attached hydrogens (tertiary/aromatic N) is 4. The van der Waals surface area contributed by atoms with Gasteiger partial charge in [0.15, 0.2) is 0 Å². The zero-order valence-electron chi connectivity index (χ0n) is 18.0. The lowest BCUT2D eigenvalue weighted by Crippen LogP contribution is -2.62. The minimum absolute atomic E-state index is 0.0279. The maximum atomic E-state index is 13.2. The lowest BCUT2D eigenvalue weighted by molar-refractivity contribution is -0.384. The number of nitro benzene ring substituents is 1. The van der Waals surface area contributed by atoms with Gasteiger partial charge in [-0.05, 0) is 31.0 Å². The van der Waals surface area contributed by atoms with Crippen LogP contribution in [0.5, 0.6) is 0 Å². The van der Waals surface area contributed by atoms with Gasteiger partial charge in [0.2, 0.25) is 11.8 Å². The van der Waals surface area contributed by atoms with Crippen molar-refractivity contribution in [2.45, 2.75) is 38.4 Å². The Bertz CT molecular complexity index is 1120. The van der Waals surface area contributed by atoms with Crippen LogP contribution in [-0.4, -0.2) is 51.7 Å². The number of non-ortho nitro benzene ring substituents is 1. The number of amides is 3. The Hall–Kier alpha value is -3.75. The van der Waals surface area contributed by atoms with E-state index in [0.717, 1.165) is 0 Å². The highest BCUT2D eigenvalue weighted by molar-refractivity contribution is 6.10. The van der Waals surface area contributed by atoms with E-state index < -0.39 is 10.6 Å². The number of benzene rings is 2. The van der Waals surface area contributed by atoms with E-state index in [4.69, 9.17) is 0 Å². The highest BCUT2D eigenvalue weighted by Crippen LogP contribution is 2.43. The maximum Gasteiger partial charge on any atom is 0.269 e. The summed E-state index contributed by atoms with van der Waals surface area (Å²) in [5.74, 6) is -0.419. The largest absolute Gasteiger partial charge is 0.341 e. The second-order valence-corrected chi connectivity index (χ2v) is 8.35. The van der Waals surface area contributed by atoms with Gasteiger partial charge in [-0.15, -0.1) is 0 Å². The van der Waals surface area contributed by atoms with Crippen molar-refractivity contribution in [1.82, 2.24) is 9.80 Å². The minimum Gasteiger partial charge on any atom is -0.341 e.